The number of carbonyl (C=O) groups is 1. The van der Waals surface area contributed by atoms with E-state index in [1.807, 2.05) is 6.92 Å². The third-order valence-corrected chi connectivity index (χ3v) is 7.45. The average Bonchev–Trinajstić information content (AvgIpc) is 2.77. The molecular formula is C22H23N3O6S2. The lowest BCUT2D eigenvalue weighted by molar-refractivity contribution is -0.118. The molecule has 0 fully saturated rings. The highest BCUT2D eigenvalue weighted by Gasteiger charge is 2.21. The third-order valence-electron chi connectivity index (χ3n) is 4.72. The van der Waals surface area contributed by atoms with Gasteiger partial charge in [0.2, 0.25) is 10.0 Å². The zero-order valence-corrected chi connectivity index (χ0v) is 19.6. The number of nitrogens with two attached hydrogens (primary N) is 1. The van der Waals surface area contributed by atoms with Crippen LogP contribution in [0, 0.1) is 6.92 Å². The standard InChI is InChI=1S/C22H23N3O6S2/c1-16-3-11-21(12-4-16)33(29,30)25(2)18-7-9-19(10-8-18)31-15-22(26)24-17-5-13-20(14-6-17)32(23,27)28/h3-14H,15H2,1-2H3,(H,24,26)(H2,23,27,28). The van der Waals surface area contributed by atoms with Gasteiger partial charge in [0.05, 0.1) is 15.5 Å². The molecule has 174 valence electrons. The highest BCUT2D eigenvalue weighted by Crippen LogP contribution is 2.24. The van der Waals surface area contributed by atoms with Gasteiger partial charge in [0, 0.05) is 12.7 Å². The summed E-state index contributed by atoms with van der Waals surface area (Å²) in [6.45, 7) is 1.58. The van der Waals surface area contributed by atoms with Crippen LogP contribution in [0.1, 0.15) is 5.56 Å². The van der Waals surface area contributed by atoms with Crippen LogP contribution in [-0.2, 0) is 24.8 Å². The first-order valence-electron chi connectivity index (χ1n) is 9.68. The number of hydrogen-bond acceptors (Lipinski definition) is 6. The average molecular weight is 490 g/mol. The largest absolute Gasteiger partial charge is 0.484 e. The lowest BCUT2D eigenvalue weighted by Gasteiger charge is -2.20. The Morgan fingerprint density at radius 1 is 0.879 bits per heavy atom. The molecule has 3 aromatic carbocycles. The van der Waals surface area contributed by atoms with E-state index in [1.165, 1.54) is 35.6 Å². The zero-order chi connectivity index (χ0) is 24.2. The minimum Gasteiger partial charge on any atom is -0.484 e. The van der Waals surface area contributed by atoms with Gasteiger partial charge in [0.15, 0.2) is 6.61 Å². The SMILES string of the molecule is Cc1ccc(S(=O)(=O)N(C)c2ccc(OCC(=O)Nc3ccc(S(N)(=O)=O)cc3)cc2)cc1. The fourth-order valence-electron chi connectivity index (χ4n) is 2.83. The Kier molecular flexibility index (Phi) is 7.06. The van der Waals surface area contributed by atoms with Gasteiger partial charge in [0.25, 0.3) is 15.9 Å². The summed E-state index contributed by atoms with van der Waals surface area (Å²) in [5.74, 6) is -0.0823. The van der Waals surface area contributed by atoms with Gasteiger partial charge in [-0.1, -0.05) is 17.7 Å². The van der Waals surface area contributed by atoms with E-state index in [1.54, 1.807) is 48.5 Å². The van der Waals surface area contributed by atoms with Crippen molar-refractivity contribution in [3.8, 4) is 5.75 Å². The van der Waals surface area contributed by atoms with Crippen LogP contribution in [0.4, 0.5) is 11.4 Å². The molecule has 3 aromatic rings. The first kappa shape index (κ1) is 24.2. The Balaban J connectivity index is 1.59. The highest BCUT2D eigenvalue weighted by molar-refractivity contribution is 7.92. The smallest absolute Gasteiger partial charge is 0.264 e. The molecule has 0 bridgehead atoms. The molecule has 0 heterocycles. The second-order valence-electron chi connectivity index (χ2n) is 7.19. The molecular weight excluding hydrogens is 466 g/mol. The summed E-state index contributed by atoms with van der Waals surface area (Å²) in [6.07, 6.45) is 0. The molecule has 3 rings (SSSR count). The van der Waals surface area contributed by atoms with E-state index >= 15 is 0 Å². The fraction of sp³-hybridized carbons (Fsp3) is 0.136. The molecule has 33 heavy (non-hydrogen) atoms. The lowest BCUT2D eigenvalue weighted by Crippen LogP contribution is -2.26. The molecule has 1 amide bonds. The van der Waals surface area contributed by atoms with E-state index < -0.39 is 26.0 Å². The number of benzene rings is 3. The van der Waals surface area contributed by atoms with Crippen LogP contribution in [0.2, 0.25) is 0 Å². The Bertz CT molecular complexity index is 1340. The van der Waals surface area contributed by atoms with Crippen LogP contribution in [0.3, 0.4) is 0 Å². The van der Waals surface area contributed by atoms with Crippen LogP contribution in [-0.4, -0.2) is 36.4 Å². The molecule has 0 radical (unpaired) electrons. The summed E-state index contributed by atoms with van der Waals surface area (Å²) in [5.41, 5.74) is 1.78. The molecule has 0 aliphatic heterocycles. The van der Waals surface area contributed by atoms with Gasteiger partial charge in [0.1, 0.15) is 5.75 Å². The van der Waals surface area contributed by atoms with Crippen LogP contribution >= 0.6 is 0 Å². The maximum atomic E-state index is 12.8. The van der Waals surface area contributed by atoms with Crippen molar-refractivity contribution in [1.29, 1.82) is 0 Å². The van der Waals surface area contributed by atoms with Crippen LogP contribution in [0.5, 0.6) is 5.75 Å². The number of anilines is 2. The van der Waals surface area contributed by atoms with Gasteiger partial charge in [-0.15, -0.1) is 0 Å². The van der Waals surface area contributed by atoms with Crippen molar-refractivity contribution in [1.82, 2.24) is 0 Å². The Morgan fingerprint density at radius 2 is 1.42 bits per heavy atom. The van der Waals surface area contributed by atoms with Crippen molar-refractivity contribution >= 4 is 37.3 Å². The van der Waals surface area contributed by atoms with Crippen molar-refractivity contribution in [2.75, 3.05) is 23.3 Å². The molecule has 0 spiro atoms. The molecule has 0 aliphatic rings. The summed E-state index contributed by atoms with van der Waals surface area (Å²) in [5, 5.41) is 7.61. The maximum absolute atomic E-state index is 12.8. The minimum atomic E-state index is -3.81. The van der Waals surface area contributed by atoms with Crippen LogP contribution in [0.25, 0.3) is 0 Å². The van der Waals surface area contributed by atoms with Crippen LogP contribution in [0.15, 0.2) is 82.6 Å². The predicted molar refractivity (Wildman–Crippen MR) is 125 cm³/mol. The van der Waals surface area contributed by atoms with Gasteiger partial charge in [-0.2, -0.15) is 0 Å². The van der Waals surface area contributed by atoms with Crippen molar-refractivity contribution in [2.45, 2.75) is 16.7 Å². The van der Waals surface area contributed by atoms with Gasteiger partial charge in [-0.05, 0) is 67.6 Å². The number of amides is 1. The Labute approximate surface area is 192 Å². The van der Waals surface area contributed by atoms with E-state index in [0.29, 0.717) is 17.1 Å². The molecule has 0 saturated carbocycles. The number of nitrogens with one attached hydrogen (secondary N) is 1. The summed E-state index contributed by atoms with van der Waals surface area (Å²) in [6, 6.07) is 18.2. The van der Waals surface area contributed by atoms with Gasteiger partial charge >= 0.3 is 0 Å². The maximum Gasteiger partial charge on any atom is 0.264 e. The number of hydrogen-bond donors (Lipinski definition) is 2. The Hall–Kier alpha value is -3.41. The minimum absolute atomic E-state index is 0.0637. The number of aryl methyl sites for hydroxylation is 1. The quantitative estimate of drug-likeness (QED) is 0.499. The third kappa shape index (κ3) is 6.09. The number of nitrogens with zero attached hydrogens (tertiary/aromatic N) is 1. The predicted octanol–water partition coefficient (Wildman–Crippen LogP) is 2.49. The van der Waals surface area contributed by atoms with Crippen molar-refractivity contribution in [2.24, 2.45) is 5.14 Å². The second-order valence-corrected chi connectivity index (χ2v) is 10.7. The zero-order valence-electron chi connectivity index (χ0n) is 17.9. The first-order chi connectivity index (χ1) is 15.5. The van der Waals surface area contributed by atoms with E-state index in [9.17, 15) is 21.6 Å². The number of rotatable bonds is 8. The lowest BCUT2D eigenvalue weighted by atomic mass is 10.2. The molecule has 0 aliphatic carbocycles. The second kappa shape index (κ2) is 9.61. The van der Waals surface area contributed by atoms with Gasteiger partial charge in [-0.3, -0.25) is 9.10 Å². The summed E-state index contributed by atoms with van der Waals surface area (Å²) < 4.78 is 54.7. The monoisotopic (exact) mass is 489 g/mol. The summed E-state index contributed by atoms with van der Waals surface area (Å²) in [4.78, 5) is 12.2. The molecule has 0 atom stereocenters. The molecule has 0 unspecified atom stereocenters. The molecule has 11 heteroatoms. The van der Waals surface area contributed by atoms with Crippen molar-refractivity contribution in [3.05, 3.63) is 78.4 Å². The normalized spacial score (nSPS) is 11.6. The molecule has 0 saturated heterocycles. The summed E-state index contributed by atoms with van der Waals surface area (Å²) >= 11 is 0. The number of sulfonamides is 2. The van der Waals surface area contributed by atoms with Crippen molar-refractivity contribution in [3.63, 3.8) is 0 Å². The fourth-order valence-corrected chi connectivity index (χ4v) is 4.54. The molecule has 0 aromatic heterocycles. The Morgan fingerprint density at radius 3 is 1.97 bits per heavy atom. The highest BCUT2D eigenvalue weighted by atomic mass is 32.2. The van der Waals surface area contributed by atoms with Gasteiger partial charge < -0.3 is 10.1 Å². The van der Waals surface area contributed by atoms with E-state index in [4.69, 9.17) is 9.88 Å². The molecule has 9 nitrogen and oxygen atoms in total. The van der Waals surface area contributed by atoms with E-state index in [2.05, 4.69) is 5.32 Å². The topological polar surface area (TPSA) is 136 Å². The van der Waals surface area contributed by atoms with Crippen molar-refractivity contribution < 1.29 is 26.4 Å². The summed E-state index contributed by atoms with van der Waals surface area (Å²) in [7, 11) is -6.06. The number of primary sulfonamides is 1. The number of carbonyl (C=O) groups excluding carboxylic acids is 1. The molecule has 3 N–H and O–H groups in total. The van der Waals surface area contributed by atoms with E-state index in [-0.39, 0.29) is 16.4 Å². The van der Waals surface area contributed by atoms with E-state index in [0.717, 1.165) is 5.56 Å². The first-order valence-corrected chi connectivity index (χ1v) is 12.7. The van der Waals surface area contributed by atoms with Crippen LogP contribution < -0.4 is 19.5 Å². The number of ether oxygens (including phenoxy) is 1. The van der Waals surface area contributed by atoms with Gasteiger partial charge in [-0.25, -0.2) is 22.0 Å².